The summed E-state index contributed by atoms with van der Waals surface area (Å²) in [5, 5.41) is 9.39. The standard InChI is InChI=1S/C15H27NO4/c1-10-12(16-8-15(9-16,19-4)20-5)7-6-11(13(17)18)14(10,2)3/h10-12H,6-9H2,1-5H3,(H,17,18). The van der Waals surface area contributed by atoms with E-state index in [2.05, 4.69) is 25.7 Å². The lowest BCUT2D eigenvalue weighted by Gasteiger charge is -2.56. The zero-order valence-corrected chi connectivity index (χ0v) is 13.2. The molecule has 2 rings (SSSR count). The van der Waals surface area contributed by atoms with Gasteiger partial charge in [0.25, 0.3) is 0 Å². The maximum absolute atomic E-state index is 11.4. The number of likely N-dealkylation sites (tertiary alicyclic amines) is 1. The summed E-state index contributed by atoms with van der Waals surface area (Å²) in [5.41, 5.74) is -0.187. The molecule has 1 saturated carbocycles. The average molecular weight is 285 g/mol. The highest BCUT2D eigenvalue weighted by Gasteiger charge is 2.53. The minimum absolute atomic E-state index is 0.187. The van der Waals surface area contributed by atoms with E-state index in [0.717, 1.165) is 25.9 Å². The van der Waals surface area contributed by atoms with E-state index in [0.29, 0.717) is 12.0 Å². The highest BCUT2D eigenvalue weighted by molar-refractivity contribution is 5.71. The van der Waals surface area contributed by atoms with Crippen LogP contribution in [-0.4, -0.2) is 55.1 Å². The molecule has 2 fully saturated rings. The van der Waals surface area contributed by atoms with Crippen molar-refractivity contribution < 1.29 is 19.4 Å². The molecule has 0 amide bonds. The van der Waals surface area contributed by atoms with E-state index in [9.17, 15) is 9.90 Å². The van der Waals surface area contributed by atoms with Gasteiger partial charge in [0.15, 0.2) is 5.79 Å². The molecule has 0 aromatic rings. The number of aliphatic carboxylic acids is 1. The Morgan fingerprint density at radius 1 is 1.20 bits per heavy atom. The van der Waals surface area contributed by atoms with Gasteiger partial charge in [-0.1, -0.05) is 20.8 Å². The Morgan fingerprint density at radius 2 is 1.75 bits per heavy atom. The van der Waals surface area contributed by atoms with Crippen LogP contribution < -0.4 is 0 Å². The molecule has 1 aliphatic heterocycles. The molecule has 0 bridgehead atoms. The molecule has 1 N–H and O–H groups in total. The number of carboxylic acid groups (broad SMARTS) is 1. The maximum Gasteiger partial charge on any atom is 0.307 e. The molecule has 2 aliphatic rings. The van der Waals surface area contributed by atoms with Crippen LogP contribution in [0.25, 0.3) is 0 Å². The Hall–Kier alpha value is -0.650. The van der Waals surface area contributed by atoms with Crippen molar-refractivity contribution in [2.24, 2.45) is 17.3 Å². The number of rotatable bonds is 4. The maximum atomic E-state index is 11.4. The minimum Gasteiger partial charge on any atom is -0.481 e. The number of carbonyl (C=O) groups is 1. The Labute approximate surface area is 121 Å². The van der Waals surface area contributed by atoms with Crippen molar-refractivity contribution in [3.05, 3.63) is 0 Å². The van der Waals surface area contributed by atoms with Crippen LogP contribution in [0.2, 0.25) is 0 Å². The van der Waals surface area contributed by atoms with E-state index in [1.54, 1.807) is 14.2 Å². The molecular formula is C15H27NO4. The van der Waals surface area contributed by atoms with Crippen LogP contribution in [0.4, 0.5) is 0 Å². The largest absolute Gasteiger partial charge is 0.481 e. The second-order valence-corrected chi connectivity index (χ2v) is 6.87. The van der Waals surface area contributed by atoms with Gasteiger partial charge in [-0.2, -0.15) is 0 Å². The molecule has 20 heavy (non-hydrogen) atoms. The van der Waals surface area contributed by atoms with Crippen LogP contribution in [-0.2, 0) is 14.3 Å². The molecule has 3 unspecified atom stereocenters. The molecule has 3 atom stereocenters. The van der Waals surface area contributed by atoms with Crippen molar-refractivity contribution in [2.45, 2.75) is 45.4 Å². The third kappa shape index (κ3) is 2.36. The lowest BCUT2D eigenvalue weighted by molar-refractivity contribution is -0.288. The van der Waals surface area contributed by atoms with Gasteiger partial charge in [-0.3, -0.25) is 9.69 Å². The first kappa shape index (κ1) is 15.7. The van der Waals surface area contributed by atoms with Crippen molar-refractivity contribution >= 4 is 5.97 Å². The third-order valence-electron chi connectivity index (χ3n) is 5.80. The zero-order chi connectivity index (χ0) is 15.1. The van der Waals surface area contributed by atoms with Crippen molar-refractivity contribution in [1.29, 1.82) is 0 Å². The molecule has 0 aromatic heterocycles. The fourth-order valence-electron chi connectivity index (χ4n) is 3.86. The first-order chi connectivity index (χ1) is 9.27. The van der Waals surface area contributed by atoms with Crippen molar-refractivity contribution in [2.75, 3.05) is 27.3 Å². The molecule has 5 nitrogen and oxygen atoms in total. The Bertz CT molecular complexity index is 370. The fraction of sp³-hybridized carbons (Fsp3) is 0.933. The van der Waals surface area contributed by atoms with Gasteiger partial charge in [0.1, 0.15) is 0 Å². The second-order valence-electron chi connectivity index (χ2n) is 6.87. The van der Waals surface area contributed by atoms with Crippen LogP contribution in [0, 0.1) is 17.3 Å². The third-order valence-corrected chi connectivity index (χ3v) is 5.80. The van der Waals surface area contributed by atoms with Gasteiger partial charge < -0.3 is 14.6 Å². The van der Waals surface area contributed by atoms with E-state index in [1.165, 1.54) is 0 Å². The zero-order valence-electron chi connectivity index (χ0n) is 13.2. The number of nitrogens with zero attached hydrogens (tertiary/aromatic N) is 1. The van der Waals surface area contributed by atoms with Crippen LogP contribution in [0.5, 0.6) is 0 Å². The molecular weight excluding hydrogens is 258 g/mol. The quantitative estimate of drug-likeness (QED) is 0.798. The monoisotopic (exact) mass is 285 g/mol. The lowest BCUT2D eigenvalue weighted by atomic mass is 9.60. The van der Waals surface area contributed by atoms with Gasteiger partial charge >= 0.3 is 5.97 Å². The van der Waals surface area contributed by atoms with Crippen LogP contribution >= 0.6 is 0 Å². The summed E-state index contributed by atoms with van der Waals surface area (Å²) in [7, 11) is 3.35. The molecule has 0 spiro atoms. The van der Waals surface area contributed by atoms with E-state index in [1.807, 2.05) is 0 Å². The Balaban J connectivity index is 2.05. The normalized spacial score (nSPS) is 36.4. The van der Waals surface area contributed by atoms with Gasteiger partial charge in [0.05, 0.1) is 19.0 Å². The highest BCUT2D eigenvalue weighted by Crippen LogP contribution is 2.48. The summed E-state index contributed by atoms with van der Waals surface area (Å²) in [5.74, 6) is -1.03. The molecule has 1 heterocycles. The topological polar surface area (TPSA) is 59.0 Å². The first-order valence-corrected chi connectivity index (χ1v) is 7.34. The van der Waals surface area contributed by atoms with Gasteiger partial charge in [-0.25, -0.2) is 0 Å². The number of methoxy groups -OCH3 is 2. The van der Waals surface area contributed by atoms with Crippen LogP contribution in [0.3, 0.4) is 0 Å². The summed E-state index contributed by atoms with van der Waals surface area (Å²) in [4.78, 5) is 13.8. The molecule has 0 radical (unpaired) electrons. The van der Waals surface area contributed by atoms with Crippen LogP contribution in [0.15, 0.2) is 0 Å². The van der Waals surface area contributed by atoms with Gasteiger partial charge in [-0.05, 0) is 24.2 Å². The van der Waals surface area contributed by atoms with Gasteiger partial charge in [0.2, 0.25) is 0 Å². The summed E-state index contributed by atoms with van der Waals surface area (Å²) in [6.45, 7) is 7.88. The van der Waals surface area contributed by atoms with Crippen molar-refractivity contribution in [3.8, 4) is 0 Å². The summed E-state index contributed by atoms with van der Waals surface area (Å²) in [6.07, 6.45) is 1.69. The Morgan fingerprint density at radius 3 is 2.20 bits per heavy atom. The van der Waals surface area contributed by atoms with E-state index < -0.39 is 11.8 Å². The number of hydrogen-bond acceptors (Lipinski definition) is 4. The molecule has 5 heteroatoms. The summed E-state index contributed by atoms with van der Waals surface area (Å²) >= 11 is 0. The van der Waals surface area contributed by atoms with Crippen LogP contribution in [0.1, 0.15) is 33.6 Å². The van der Waals surface area contributed by atoms with Gasteiger partial charge in [0, 0.05) is 20.3 Å². The van der Waals surface area contributed by atoms with E-state index >= 15 is 0 Å². The predicted octanol–water partition coefficient (Wildman–Crippen LogP) is 1.82. The second kappa shape index (κ2) is 5.28. The summed E-state index contributed by atoms with van der Waals surface area (Å²) < 4.78 is 10.9. The summed E-state index contributed by atoms with van der Waals surface area (Å²) in [6, 6.07) is 0.416. The SMILES string of the molecule is COC1(OC)CN(C2CCC(C(=O)O)C(C)(C)C2C)C1. The molecule has 0 aromatic carbocycles. The lowest BCUT2D eigenvalue weighted by Crippen LogP contribution is -2.69. The fourth-order valence-corrected chi connectivity index (χ4v) is 3.86. The van der Waals surface area contributed by atoms with E-state index in [4.69, 9.17) is 9.47 Å². The van der Waals surface area contributed by atoms with Crippen molar-refractivity contribution in [3.63, 3.8) is 0 Å². The first-order valence-electron chi connectivity index (χ1n) is 7.34. The van der Waals surface area contributed by atoms with E-state index in [-0.39, 0.29) is 11.3 Å². The number of carboxylic acids is 1. The highest BCUT2D eigenvalue weighted by atomic mass is 16.7. The molecule has 116 valence electrons. The predicted molar refractivity (Wildman–Crippen MR) is 75.4 cm³/mol. The van der Waals surface area contributed by atoms with Gasteiger partial charge in [-0.15, -0.1) is 0 Å². The number of hydrogen-bond donors (Lipinski definition) is 1. The number of ether oxygens (including phenoxy) is 2. The molecule has 1 aliphatic carbocycles. The molecule has 1 saturated heterocycles. The average Bonchev–Trinajstić information content (AvgIpc) is 2.33. The Kier molecular flexibility index (Phi) is 4.15. The smallest absolute Gasteiger partial charge is 0.307 e. The van der Waals surface area contributed by atoms with Crippen molar-refractivity contribution in [1.82, 2.24) is 4.90 Å². The minimum atomic E-state index is -0.660.